The van der Waals surface area contributed by atoms with Crippen LogP contribution in [0.3, 0.4) is 0 Å². The summed E-state index contributed by atoms with van der Waals surface area (Å²) >= 11 is 0. The second kappa shape index (κ2) is 7.76. The van der Waals surface area contributed by atoms with Gasteiger partial charge in [-0.25, -0.2) is 4.98 Å². The molecular formula is C17H23N3O. The van der Waals surface area contributed by atoms with Crippen LogP contribution in [0.2, 0.25) is 0 Å². The van der Waals surface area contributed by atoms with Gasteiger partial charge in [-0.3, -0.25) is 11.3 Å². The van der Waals surface area contributed by atoms with Gasteiger partial charge < -0.3 is 4.74 Å². The van der Waals surface area contributed by atoms with Crippen molar-refractivity contribution in [2.75, 3.05) is 7.11 Å². The first-order chi connectivity index (χ1) is 10.3. The van der Waals surface area contributed by atoms with Crippen molar-refractivity contribution in [1.82, 2.24) is 10.4 Å². The molecule has 0 bridgehead atoms. The molecule has 21 heavy (non-hydrogen) atoms. The maximum Gasteiger partial charge on any atom is 0.212 e. The lowest BCUT2D eigenvalue weighted by molar-refractivity contribution is 0.397. The molecule has 0 radical (unpaired) electrons. The average Bonchev–Trinajstić information content (AvgIpc) is 2.54. The molecule has 0 aliphatic rings. The Balaban J connectivity index is 2.12. The van der Waals surface area contributed by atoms with Gasteiger partial charge >= 0.3 is 0 Å². The normalized spacial score (nSPS) is 12.1. The van der Waals surface area contributed by atoms with Gasteiger partial charge in [0.25, 0.3) is 0 Å². The van der Waals surface area contributed by atoms with Crippen molar-refractivity contribution in [2.24, 2.45) is 5.84 Å². The van der Waals surface area contributed by atoms with Gasteiger partial charge in [-0.15, -0.1) is 0 Å². The second-order valence-corrected chi connectivity index (χ2v) is 5.13. The Morgan fingerprint density at radius 2 is 2.10 bits per heavy atom. The van der Waals surface area contributed by atoms with E-state index in [0.717, 1.165) is 24.8 Å². The molecule has 0 saturated carbocycles. The highest BCUT2D eigenvalue weighted by atomic mass is 16.5. The number of rotatable bonds is 7. The van der Waals surface area contributed by atoms with Crippen LogP contribution in [0.15, 0.2) is 42.6 Å². The molecule has 3 N–H and O–H groups in total. The van der Waals surface area contributed by atoms with Gasteiger partial charge in [-0.2, -0.15) is 0 Å². The van der Waals surface area contributed by atoms with E-state index in [1.165, 1.54) is 11.1 Å². The third-order valence-electron chi connectivity index (χ3n) is 3.54. The molecule has 0 aliphatic heterocycles. The molecule has 0 saturated heterocycles. The number of hydrogen-bond donors (Lipinski definition) is 2. The Morgan fingerprint density at radius 3 is 2.71 bits per heavy atom. The fraction of sp³-hybridized carbons (Fsp3) is 0.353. The molecule has 0 spiro atoms. The van der Waals surface area contributed by atoms with Crippen molar-refractivity contribution in [3.8, 4) is 5.88 Å². The summed E-state index contributed by atoms with van der Waals surface area (Å²) in [7, 11) is 1.62. The van der Waals surface area contributed by atoms with Gasteiger partial charge in [0, 0.05) is 12.3 Å². The van der Waals surface area contributed by atoms with Gasteiger partial charge in [0.2, 0.25) is 5.88 Å². The number of pyridine rings is 1. The van der Waals surface area contributed by atoms with Crippen LogP contribution in [0.1, 0.15) is 36.1 Å². The van der Waals surface area contributed by atoms with E-state index in [4.69, 9.17) is 10.6 Å². The first kappa shape index (κ1) is 15.5. The summed E-state index contributed by atoms with van der Waals surface area (Å²) in [4.78, 5) is 4.23. The molecule has 0 fully saturated rings. The number of aryl methyl sites for hydroxylation is 1. The minimum absolute atomic E-state index is 0.0806. The van der Waals surface area contributed by atoms with Crippen LogP contribution < -0.4 is 16.0 Å². The summed E-state index contributed by atoms with van der Waals surface area (Å²) in [6.45, 7) is 2.19. The minimum atomic E-state index is 0.0806. The number of ether oxygens (including phenoxy) is 1. The van der Waals surface area contributed by atoms with Crippen molar-refractivity contribution in [3.63, 3.8) is 0 Å². The molecule has 1 heterocycles. The number of aromatic nitrogens is 1. The topological polar surface area (TPSA) is 60.2 Å². The Morgan fingerprint density at radius 1 is 1.24 bits per heavy atom. The summed E-state index contributed by atoms with van der Waals surface area (Å²) in [5, 5.41) is 0. The van der Waals surface area contributed by atoms with Crippen molar-refractivity contribution < 1.29 is 4.74 Å². The van der Waals surface area contributed by atoms with E-state index >= 15 is 0 Å². The van der Waals surface area contributed by atoms with Crippen LogP contribution in [-0.2, 0) is 12.8 Å². The lowest BCUT2D eigenvalue weighted by Gasteiger charge is -2.17. The molecule has 0 amide bonds. The predicted octanol–water partition coefficient (Wildman–Crippen LogP) is 2.79. The number of benzene rings is 1. The Bertz CT molecular complexity index is 554. The highest BCUT2D eigenvalue weighted by Crippen LogP contribution is 2.20. The largest absolute Gasteiger partial charge is 0.481 e. The van der Waals surface area contributed by atoms with E-state index < -0.39 is 0 Å². The molecule has 4 heteroatoms. The molecule has 1 unspecified atom stereocenters. The van der Waals surface area contributed by atoms with E-state index in [0.29, 0.717) is 5.88 Å². The molecule has 1 aromatic heterocycles. The van der Waals surface area contributed by atoms with Crippen LogP contribution in [0.25, 0.3) is 0 Å². The van der Waals surface area contributed by atoms with Crippen molar-refractivity contribution in [2.45, 2.75) is 32.2 Å². The zero-order chi connectivity index (χ0) is 15.1. The quantitative estimate of drug-likeness (QED) is 0.606. The number of nitrogens with one attached hydrogen (secondary N) is 1. The van der Waals surface area contributed by atoms with Crippen LogP contribution in [0.5, 0.6) is 5.88 Å². The van der Waals surface area contributed by atoms with Crippen molar-refractivity contribution >= 4 is 0 Å². The summed E-state index contributed by atoms with van der Waals surface area (Å²) in [5.41, 5.74) is 6.59. The number of methoxy groups -OCH3 is 1. The fourth-order valence-electron chi connectivity index (χ4n) is 2.42. The molecule has 4 nitrogen and oxygen atoms in total. The van der Waals surface area contributed by atoms with Crippen LogP contribution in [0.4, 0.5) is 0 Å². The monoisotopic (exact) mass is 285 g/mol. The lowest BCUT2D eigenvalue weighted by atomic mass is 9.97. The standard InChI is InChI=1S/C17H23N3O/c1-3-5-13-6-4-7-15(10-13)16(20-18)11-14-8-9-17(21-2)19-12-14/h4,6-10,12,16,20H,3,5,11,18H2,1-2H3. The Labute approximate surface area is 126 Å². The van der Waals surface area contributed by atoms with Gasteiger partial charge in [-0.1, -0.05) is 43.7 Å². The zero-order valence-corrected chi connectivity index (χ0v) is 12.7. The molecular weight excluding hydrogens is 262 g/mol. The SMILES string of the molecule is CCCc1cccc(C(Cc2ccc(OC)nc2)NN)c1. The number of nitrogens with two attached hydrogens (primary N) is 1. The fourth-order valence-corrected chi connectivity index (χ4v) is 2.42. The number of hydrogen-bond acceptors (Lipinski definition) is 4. The molecule has 2 rings (SSSR count). The summed E-state index contributed by atoms with van der Waals surface area (Å²) < 4.78 is 5.08. The molecule has 1 atom stereocenters. The third kappa shape index (κ3) is 4.28. The van der Waals surface area contributed by atoms with E-state index in [1.54, 1.807) is 7.11 Å². The van der Waals surface area contributed by atoms with Gasteiger partial charge in [-0.05, 0) is 29.5 Å². The van der Waals surface area contributed by atoms with Crippen molar-refractivity contribution in [1.29, 1.82) is 0 Å². The lowest BCUT2D eigenvalue weighted by Crippen LogP contribution is -2.29. The maximum atomic E-state index is 5.74. The summed E-state index contributed by atoms with van der Waals surface area (Å²) in [6, 6.07) is 12.6. The van der Waals surface area contributed by atoms with Gasteiger partial charge in [0.1, 0.15) is 0 Å². The highest BCUT2D eigenvalue weighted by molar-refractivity contribution is 5.28. The summed E-state index contributed by atoms with van der Waals surface area (Å²) in [5.74, 6) is 6.36. The van der Waals surface area contributed by atoms with Crippen molar-refractivity contribution in [3.05, 3.63) is 59.3 Å². The van der Waals surface area contributed by atoms with E-state index in [1.807, 2.05) is 18.3 Å². The predicted molar refractivity (Wildman–Crippen MR) is 85.0 cm³/mol. The van der Waals surface area contributed by atoms with E-state index in [9.17, 15) is 0 Å². The molecule has 112 valence electrons. The van der Waals surface area contributed by atoms with Gasteiger partial charge in [0.05, 0.1) is 13.2 Å². The highest BCUT2D eigenvalue weighted by Gasteiger charge is 2.11. The third-order valence-corrected chi connectivity index (χ3v) is 3.54. The van der Waals surface area contributed by atoms with Crippen LogP contribution in [-0.4, -0.2) is 12.1 Å². The first-order valence-corrected chi connectivity index (χ1v) is 7.30. The number of nitrogens with zero attached hydrogens (tertiary/aromatic N) is 1. The number of hydrazine groups is 1. The van der Waals surface area contributed by atoms with Gasteiger partial charge in [0.15, 0.2) is 0 Å². The molecule has 2 aromatic rings. The first-order valence-electron chi connectivity index (χ1n) is 7.30. The Hall–Kier alpha value is -1.91. The molecule has 1 aromatic carbocycles. The van der Waals surface area contributed by atoms with Crippen LogP contribution >= 0.6 is 0 Å². The average molecular weight is 285 g/mol. The second-order valence-electron chi connectivity index (χ2n) is 5.13. The Kier molecular flexibility index (Phi) is 5.72. The minimum Gasteiger partial charge on any atom is -0.481 e. The van der Waals surface area contributed by atoms with E-state index in [2.05, 4.69) is 41.6 Å². The van der Waals surface area contributed by atoms with Crippen LogP contribution in [0, 0.1) is 0 Å². The zero-order valence-electron chi connectivity index (χ0n) is 12.7. The van der Waals surface area contributed by atoms with E-state index in [-0.39, 0.29) is 6.04 Å². The maximum absolute atomic E-state index is 5.74. The summed E-state index contributed by atoms with van der Waals surface area (Å²) in [6.07, 6.45) is 4.87. The smallest absolute Gasteiger partial charge is 0.212 e. The molecule has 0 aliphatic carbocycles.